The standard InChI is InChI=1S/C16H13ClN4O3/c17-13-3-1-2-10(7-13)15-12(6-11(8-18)16(23)24)9-21(20-15)5-4-14(19)22/h1-3,6-7,9H,4-5H2,(H2,19,22)(H,23,24)/b11-6+. The van der Waals surface area contributed by atoms with Crippen LogP contribution in [0.1, 0.15) is 12.0 Å². The summed E-state index contributed by atoms with van der Waals surface area (Å²) in [6.07, 6.45) is 2.87. The molecule has 7 nitrogen and oxygen atoms in total. The maximum atomic E-state index is 11.1. The number of rotatable bonds is 6. The molecular formula is C16H13ClN4O3. The highest BCUT2D eigenvalue weighted by Gasteiger charge is 2.14. The van der Waals surface area contributed by atoms with Gasteiger partial charge in [-0.05, 0) is 18.2 Å². The summed E-state index contributed by atoms with van der Waals surface area (Å²) in [7, 11) is 0. The minimum absolute atomic E-state index is 0.0872. The van der Waals surface area contributed by atoms with E-state index in [4.69, 9.17) is 27.7 Å². The second-order valence-corrected chi connectivity index (χ2v) is 5.33. The van der Waals surface area contributed by atoms with Crippen LogP contribution in [0.3, 0.4) is 0 Å². The molecule has 1 amide bonds. The number of aliphatic carboxylic acids is 1. The number of carboxylic acids is 1. The topological polar surface area (TPSA) is 122 Å². The van der Waals surface area contributed by atoms with Crippen molar-refractivity contribution in [1.82, 2.24) is 9.78 Å². The van der Waals surface area contributed by atoms with E-state index in [1.807, 2.05) is 0 Å². The molecule has 0 unspecified atom stereocenters. The van der Waals surface area contributed by atoms with Gasteiger partial charge in [0.25, 0.3) is 0 Å². The van der Waals surface area contributed by atoms with Gasteiger partial charge in [0, 0.05) is 35.3 Å². The van der Waals surface area contributed by atoms with E-state index in [9.17, 15) is 9.59 Å². The van der Waals surface area contributed by atoms with Gasteiger partial charge in [0.1, 0.15) is 11.6 Å². The molecule has 0 radical (unpaired) electrons. The van der Waals surface area contributed by atoms with E-state index in [0.29, 0.717) is 21.8 Å². The number of aryl methyl sites for hydroxylation is 1. The molecule has 1 heterocycles. The Labute approximate surface area is 142 Å². The van der Waals surface area contributed by atoms with Gasteiger partial charge >= 0.3 is 5.97 Å². The Balaban J connectivity index is 2.52. The SMILES string of the molecule is N#C/C(=C\c1cn(CCC(N)=O)nc1-c1cccc(Cl)c1)C(=O)O. The number of benzene rings is 1. The largest absolute Gasteiger partial charge is 0.477 e. The lowest BCUT2D eigenvalue weighted by molar-refractivity contribution is -0.132. The first-order valence-corrected chi connectivity index (χ1v) is 7.25. The molecular weight excluding hydrogens is 332 g/mol. The Morgan fingerprint density at radius 2 is 2.21 bits per heavy atom. The average molecular weight is 345 g/mol. The maximum absolute atomic E-state index is 11.1. The van der Waals surface area contributed by atoms with Crippen molar-refractivity contribution in [1.29, 1.82) is 5.26 Å². The van der Waals surface area contributed by atoms with Gasteiger partial charge in [0.15, 0.2) is 0 Å². The fourth-order valence-electron chi connectivity index (χ4n) is 2.04. The molecule has 2 rings (SSSR count). The van der Waals surface area contributed by atoms with Gasteiger partial charge in [0.2, 0.25) is 5.91 Å². The number of nitrogens with two attached hydrogens (primary N) is 1. The molecule has 0 fully saturated rings. The third-order valence-electron chi connectivity index (χ3n) is 3.13. The number of carbonyl (C=O) groups excluding carboxylic acids is 1. The van der Waals surface area contributed by atoms with Crippen molar-refractivity contribution in [2.24, 2.45) is 5.73 Å². The fraction of sp³-hybridized carbons (Fsp3) is 0.125. The van der Waals surface area contributed by atoms with Crippen molar-refractivity contribution in [2.75, 3.05) is 0 Å². The molecule has 0 bridgehead atoms. The van der Waals surface area contributed by atoms with Crippen molar-refractivity contribution in [3.63, 3.8) is 0 Å². The van der Waals surface area contributed by atoms with E-state index in [1.165, 1.54) is 10.8 Å². The Morgan fingerprint density at radius 1 is 1.46 bits per heavy atom. The Bertz CT molecular complexity index is 864. The monoisotopic (exact) mass is 344 g/mol. The third-order valence-corrected chi connectivity index (χ3v) is 3.36. The molecule has 0 aliphatic carbocycles. The third kappa shape index (κ3) is 4.21. The van der Waals surface area contributed by atoms with E-state index in [-0.39, 0.29) is 13.0 Å². The molecule has 0 atom stereocenters. The predicted octanol–water partition coefficient (Wildman–Crippen LogP) is 2.07. The van der Waals surface area contributed by atoms with Crippen LogP contribution in [-0.4, -0.2) is 26.8 Å². The number of halogens is 1. The number of carboxylic acid groups (broad SMARTS) is 1. The van der Waals surface area contributed by atoms with Crippen molar-refractivity contribution in [3.05, 3.63) is 46.6 Å². The zero-order valence-electron chi connectivity index (χ0n) is 12.4. The van der Waals surface area contributed by atoms with Gasteiger partial charge in [-0.2, -0.15) is 10.4 Å². The number of primary amides is 1. The smallest absolute Gasteiger partial charge is 0.346 e. The zero-order valence-corrected chi connectivity index (χ0v) is 13.2. The summed E-state index contributed by atoms with van der Waals surface area (Å²) in [4.78, 5) is 22.0. The van der Waals surface area contributed by atoms with Crippen molar-refractivity contribution in [3.8, 4) is 17.3 Å². The molecule has 0 spiro atoms. The lowest BCUT2D eigenvalue weighted by Crippen LogP contribution is -2.14. The number of aromatic nitrogens is 2. The van der Waals surface area contributed by atoms with Crippen LogP contribution in [-0.2, 0) is 16.1 Å². The number of hydrogen-bond acceptors (Lipinski definition) is 4. The second kappa shape index (κ2) is 7.44. The molecule has 0 saturated heterocycles. The molecule has 1 aromatic heterocycles. The molecule has 1 aromatic carbocycles. The summed E-state index contributed by atoms with van der Waals surface area (Å²) < 4.78 is 1.48. The molecule has 0 saturated carbocycles. The molecule has 3 N–H and O–H groups in total. The number of hydrogen-bond donors (Lipinski definition) is 2. The van der Waals surface area contributed by atoms with E-state index < -0.39 is 17.4 Å². The van der Waals surface area contributed by atoms with Gasteiger partial charge in [-0.25, -0.2) is 4.79 Å². The van der Waals surface area contributed by atoms with Crippen LogP contribution in [0.15, 0.2) is 36.0 Å². The molecule has 8 heteroatoms. The van der Waals surface area contributed by atoms with Gasteiger partial charge in [-0.3, -0.25) is 9.48 Å². The van der Waals surface area contributed by atoms with E-state index in [0.717, 1.165) is 0 Å². The van der Waals surface area contributed by atoms with Gasteiger partial charge in [0.05, 0.1) is 5.69 Å². The molecule has 0 aliphatic rings. The first-order valence-electron chi connectivity index (χ1n) is 6.87. The summed E-state index contributed by atoms with van der Waals surface area (Å²) in [5.41, 5.74) is 6.25. The second-order valence-electron chi connectivity index (χ2n) is 4.90. The van der Waals surface area contributed by atoms with Crippen LogP contribution < -0.4 is 5.73 Å². The predicted molar refractivity (Wildman–Crippen MR) is 87.7 cm³/mol. The summed E-state index contributed by atoms with van der Waals surface area (Å²) in [5, 5.41) is 22.8. The van der Waals surface area contributed by atoms with Crippen LogP contribution in [0.25, 0.3) is 17.3 Å². The molecule has 2 aromatic rings. The van der Waals surface area contributed by atoms with Crippen LogP contribution in [0.2, 0.25) is 5.02 Å². The minimum Gasteiger partial charge on any atom is -0.477 e. The highest BCUT2D eigenvalue weighted by atomic mass is 35.5. The number of amides is 1. The van der Waals surface area contributed by atoms with E-state index in [1.54, 1.807) is 36.5 Å². The first-order chi connectivity index (χ1) is 11.4. The van der Waals surface area contributed by atoms with Crippen LogP contribution in [0.5, 0.6) is 0 Å². The Hall–Kier alpha value is -3.11. The van der Waals surface area contributed by atoms with Crippen LogP contribution in [0.4, 0.5) is 0 Å². The Kier molecular flexibility index (Phi) is 5.35. The average Bonchev–Trinajstić information content (AvgIpc) is 2.93. The summed E-state index contributed by atoms with van der Waals surface area (Å²) in [5.74, 6) is -1.81. The van der Waals surface area contributed by atoms with Crippen molar-refractivity contribution in [2.45, 2.75) is 13.0 Å². The fourth-order valence-corrected chi connectivity index (χ4v) is 2.23. The molecule has 24 heavy (non-hydrogen) atoms. The van der Waals surface area contributed by atoms with E-state index in [2.05, 4.69) is 5.10 Å². The summed E-state index contributed by atoms with van der Waals surface area (Å²) in [6, 6.07) is 8.49. The molecule has 0 aliphatic heterocycles. The van der Waals surface area contributed by atoms with Gasteiger partial charge < -0.3 is 10.8 Å². The van der Waals surface area contributed by atoms with Crippen molar-refractivity contribution >= 4 is 29.6 Å². The quantitative estimate of drug-likeness (QED) is 0.613. The summed E-state index contributed by atoms with van der Waals surface area (Å²) in [6.45, 7) is 0.242. The highest BCUT2D eigenvalue weighted by molar-refractivity contribution is 6.30. The van der Waals surface area contributed by atoms with Crippen LogP contribution >= 0.6 is 11.6 Å². The van der Waals surface area contributed by atoms with Gasteiger partial charge in [-0.15, -0.1) is 0 Å². The summed E-state index contributed by atoms with van der Waals surface area (Å²) >= 11 is 5.98. The number of nitriles is 1. The van der Waals surface area contributed by atoms with E-state index >= 15 is 0 Å². The number of nitrogens with zero attached hydrogens (tertiary/aromatic N) is 3. The van der Waals surface area contributed by atoms with Crippen LogP contribution in [0, 0.1) is 11.3 Å². The highest BCUT2D eigenvalue weighted by Crippen LogP contribution is 2.26. The molecule has 122 valence electrons. The normalized spacial score (nSPS) is 11.1. The van der Waals surface area contributed by atoms with Crippen molar-refractivity contribution < 1.29 is 14.7 Å². The lowest BCUT2D eigenvalue weighted by atomic mass is 10.1. The first kappa shape index (κ1) is 17.2. The minimum atomic E-state index is -1.33. The number of carbonyl (C=O) groups is 2. The zero-order chi connectivity index (χ0) is 17.7. The Morgan fingerprint density at radius 3 is 2.79 bits per heavy atom. The van der Waals surface area contributed by atoms with Gasteiger partial charge in [-0.1, -0.05) is 23.7 Å². The maximum Gasteiger partial charge on any atom is 0.346 e. The lowest BCUT2D eigenvalue weighted by Gasteiger charge is -2.00.